The Labute approximate surface area is 181 Å². The van der Waals surface area contributed by atoms with Crippen molar-refractivity contribution in [2.75, 3.05) is 4.72 Å². The summed E-state index contributed by atoms with van der Waals surface area (Å²) in [6.07, 6.45) is 1.55. The molecule has 0 radical (unpaired) electrons. The minimum Gasteiger partial charge on any atom is -0.494 e. The first-order valence-corrected chi connectivity index (χ1v) is 11.7. The number of sulfonamides is 1. The van der Waals surface area contributed by atoms with Crippen molar-refractivity contribution in [3.05, 3.63) is 77.8 Å². The van der Waals surface area contributed by atoms with Crippen LogP contribution >= 0.6 is 11.3 Å². The normalized spacial score (nSPS) is 12.1. The third-order valence-electron chi connectivity index (χ3n) is 4.80. The third kappa shape index (κ3) is 3.65. The molecule has 0 saturated carbocycles. The second-order valence-corrected chi connectivity index (χ2v) is 9.37. The zero-order valence-corrected chi connectivity index (χ0v) is 17.6. The van der Waals surface area contributed by atoms with Gasteiger partial charge >= 0.3 is 0 Å². The molecule has 2 aromatic heterocycles. The lowest BCUT2D eigenvalue weighted by molar-refractivity contribution is 0.457. The van der Waals surface area contributed by atoms with Gasteiger partial charge in [-0.15, -0.1) is 11.3 Å². The number of hydrogen-bond acceptors (Lipinski definition) is 6. The molecule has 2 heterocycles. The number of nitrogens with zero attached hydrogens (tertiary/aromatic N) is 2. The molecule has 0 aliphatic rings. The molecule has 5 rings (SSSR count). The number of aromatic amines is 1. The van der Waals surface area contributed by atoms with Gasteiger partial charge in [-0.25, -0.2) is 13.4 Å². The summed E-state index contributed by atoms with van der Waals surface area (Å²) < 4.78 is 28.7. The van der Waals surface area contributed by atoms with E-state index in [1.807, 2.05) is 18.2 Å². The number of hydrogen-bond donors (Lipinski definition) is 3. The van der Waals surface area contributed by atoms with Crippen LogP contribution < -0.4 is 4.72 Å². The zero-order chi connectivity index (χ0) is 21.4. The van der Waals surface area contributed by atoms with Crippen molar-refractivity contribution in [1.82, 2.24) is 9.97 Å². The molecular weight excluding hydrogens is 432 g/mol. The van der Waals surface area contributed by atoms with Gasteiger partial charge in [0.25, 0.3) is 10.0 Å². The Morgan fingerprint density at radius 2 is 1.81 bits per heavy atom. The molecule has 0 aliphatic heterocycles. The summed E-state index contributed by atoms with van der Waals surface area (Å²) in [6, 6.07) is 18.8. The fourth-order valence-corrected chi connectivity index (χ4v) is 5.06. The number of H-pyrrole nitrogens is 1. The number of fused-ring (bicyclic) bond motifs is 3. The summed E-state index contributed by atoms with van der Waals surface area (Å²) in [7, 11) is -3.70. The first-order chi connectivity index (χ1) is 15.0. The Morgan fingerprint density at radius 3 is 2.58 bits per heavy atom. The van der Waals surface area contributed by atoms with Gasteiger partial charge < -0.3 is 10.1 Å². The van der Waals surface area contributed by atoms with E-state index < -0.39 is 10.0 Å². The van der Waals surface area contributed by atoms with Crippen molar-refractivity contribution in [1.29, 1.82) is 0 Å². The number of nitrogens with one attached hydrogen (secondary N) is 2. The lowest BCUT2D eigenvalue weighted by Gasteiger charge is -2.07. The maximum atomic E-state index is 12.6. The molecule has 31 heavy (non-hydrogen) atoms. The quantitative estimate of drug-likeness (QED) is 0.328. The molecule has 0 fully saturated rings. The van der Waals surface area contributed by atoms with E-state index in [9.17, 15) is 13.5 Å². The van der Waals surface area contributed by atoms with Crippen LogP contribution in [0.2, 0.25) is 0 Å². The van der Waals surface area contributed by atoms with Crippen LogP contribution in [-0.4, -0.2) is 29.7 Å². The highest BCUT2D eigenvalue weighted by molar-refractivity contribution is 7.92. The second kappa shape index (κ2) is 7.53. The number of thiazole rings is 1. The van der Waals surface area contributed by atoms with E-state index in [-0.39, 0.29) is 10.8 Å². The standard InChI is InChI=1S/C22H16N4O3S2/c27-22-17(20-18(25-22)10-11-19-21(20)24-13-30-19)12-23-14-6-8-16(9-7-14)31(28,29)26-15-4-2-1-3-5-15/h1-13,25-27H. The average Bonchev–Trinajstić information content (AvgIpc) is 3.36. The average molecular weight is 449 g/mol. The van der Waals surface area contributed by atoms with Crippen molar-refractivity contribution in [3.8, 4) is 5.88 Å². The maximum absolute atomic E-state index is 12.6. The summed E-state index contributed by atoms with van der Waals surface area (Å²) in [5.41, 5.74) is 4.91. The molecule has 3 aromatic carbocycles. The number of anilines is 1. The topological polar surface area (TPSA) is 107 Å². The molecular formula is C22H16N4O3S2. The van der Waals surface area contributed by atoms with E-state index in [4.69, 9.17) is 0 Å². The minimum absolute atomic E-state index is 0.00510. The maximum Gasteiger partial charge on any atom is 0.261 e. The van der Waals surface area contributed by atoms with E-state index in [1.165, 1.54) is 23.5 Å². The van der Waals surface area contributed by atoms with Gasteiger partial charge in [-0.2, -0.15) is 0 Å². The van der Waals surface area contributed by atoms with E-state index in [0.29, 0.717) is 16.9 Å². The Bertz CT molecular complexity index is 1520. The van der Waals surface area contributed by atoms with Gasteiger partial charge in [0, 0.05) is 17.3 Å². The SMILES string of the molecule is O=S(=O)(Nc1ccccc1)c1ccc(N=Cc2c(O)[nH]c3ccc4scnc4c23)cc1. The molecule has 0 aliphatic carbocycles. The van der Waals surface area contributed by atoms with Gasteiger partial charge in [-0.3, -0.25) is 9.71 Å². The highest BCUT2D eigenvalue weighted by Gasteiger charge is 2.15. The molecule has 3 N–H and O–H groups in total. The van der Waals surface area contributed by atoms with Gasteiger partial charge in [-0.1, -0.05) is 18.2 Å². The van der Waals surface area contributed by atoms with Crippen LogP contribution in [0.1, 0.15) is 5.56 Å². The summed E-state index contributed by atoms with van der Waals surface area (Å²) >= 11 is 1.52. The number of benzene rings is 3. The lowest BCUT2D eigenvalue weighted by Crippen LogP contribution is -2.12. The van der Waals surface area contributed by atoms with E-state index in [1.54, 1.807) is 48.1 Å². The lowest BCUT2D eigenvalue weighted by atomic mass is 10.1. The fraction of sp³-hybridized carbons (Fsp3) is 0. The molecule has 7 nitrogen and oxygen atoms in total. The molecule has 9 heteroatoms. The first-order valence-electron chi connectivity index (χ1n) is 9.30. The fourth-order valence-electron chi connectivity index (χ4n) is 3.32. The first kappa shape index (κ1) is 19.3. The summed E-state index contributed by atoms with van der Waals surface area (Å²) in [5, 5.41) is 11.1. The van der Waals surface area contributed by atoms with Crippen LogP contribution in [0.4, 0.5) is 11.4 Å². The highest BCUT2D eigenvalue weighted by atomic mass is 32.2. The molecule has 0 spiro atoms. The zero-order valence-electron chi connectivity index (χ0n) is 16.0. The van der Waals surface area contributed by atoms with Crippen LogP contribution in [0.25, 0.3) is 21.1 Å². The van der Waals surface area contributed by atoms with Crippen LogP contribution in [0.3, 0.4) is 0 Å². The number of aliphatic imine (C=N–C) groups is 1. The Hall–Kier alpha value is -3.69. The van der Waals surface area contributed by atoms with Crippen LogP contribution in [0.5, 0.6) is 5.88 Å². The molecule has 0 atom stereocenters. The van der Waals surface area contributed by atoms with E-state index >= 15 is 0 Å². The minimum atomic E-state index is -3.70. The Kier molecular flexibility index (Phi) is 4.68. The molecule has 0 amide bonds. The van der Waals surface area contributed by atoms with Crippen molar-refractivity contribution >= 4 is 60.1 Å². The van der Waals surface area contributed by atoms with E-state index in [0.717, 1.165) is 21.1 Å². The number of para-hydroxylation sites is 1. The number of aromatic hydroxyl groups is 1. The number of rotatable bonds is 5. The summed E-state index contributed by atoms with van der Waals surface area (Å²) in [5.74, 6) is 0.00510. The molecule has 5 aromatic rings. The third-order valence-corrected chi connectivity index (χ3v) is 6.99. The smallest absolute Gasteiger partial charge is 0.261 e. The van der Waals surface area contributed by atoms with Gasteiger partial charge in [0.1, 0.15) is 0 Å². The summed E-state index contributed by atoms with van der Waals surface area (Å²) in [4.78, 5) is 11.9. The van der Waals surface area contributed by atoms with Crippen LogP contribution in [0, 0.1) is 0 Å². The van der Waals surface area contributed by atoms with Gasteiger partial charge in [0.15, 0.2) is 5.88 Å². The molecule has 0 unspecified atom stereocenters. The van der Waals surface area contributed by atoms with Gasteiger partial charge in [-0.05, 0) is 48.5 Å². The molecule has 0 bridgehead atoms. The van der Waals surface area contributed by atoms with Gasteiger partial charge in [0.05, 0.1) is 37.4 Å². The Balaban J connectivity index is 1.44. The van der Waals surface area contributed by atoms with Crippen molar-refractivity contribution < 1.29 is 13.5 Å². The monoisotopic (exact) mass is 448 g/mol. The predicted octanol–water partition coefficient (Wildman–Crippen LogP) is 5.03. The number of aromatic nitrogens is 2. The second-order valence-electron chi connectivity index (χ2n) is 6.80. The Morgan fingerprint density at radius 1 is 1.03 bits per heavy atom. The molecule has 0 saturated heterocycles. The predicted molar refractivity (Wildman–Crippen MR) is 124 cm³/mol. The van der Waals surface area contributed by atoms with Crippen molar-refractivity contribution in [2.45, 2.75) is 4.90 Å². The largest absolute Gasteiger partial charge is 0.494 e. The van der Waals surface area contributed by atoms with Crippen LogP contribution in [-0.2, 0) is 10.0 Å². The van der Waals surface area contributed by atoms with E-state index in [2.05, 4.69) is 19.7 Å². The van der Waals surface area contributed by atoms with Crippen LogP contribution in [0.15, 0.2) is 82.1 Å². The van der Waals surface area contributed by atoms with Crippen molar-refractivity contribution in [2.24, 2.45) is 4.99 Å². The summed E-state index contributed by atoms with van der Waals surface area (Å²) in [6.45, 7) is 0. The van der Waals surface area contributed by atoms with Crippen molar-refractivity contribution in [3.63, 3.8) is 0 Å². The van der Waals surface area contributed by atoms with Gasteiger partial charge in [0.2, 0.25) is 0 Å². The molecule has 154 valence electrons. The highest BCUT2D eigenvalue weighted by Crippen LogP contribution is 2.33.